The summed E-state index contributed by atoms with van der Waals surface area (Å²) in [5, 5.41) is 20.7. The third-order valence-corrected chi connectivity index (χ3v) is 3.86. The average molecular weight is 375 g/mol. The predicted octanol–water partition coefficient (Wildman–Crippen LogP) is 1.61. The molecule has 0 aliphatic heterocycles. The number of methoxy groups -OCH3 is 1. The molecule has 0 aliphatic rings. The maximum atomic E-state index is 12.0. The highest BCUT2D eigenvalue weighted by Gasteiger charge is 2.23. The maximum Gasteiger partial charge on any atom is 0.317 e. The van der Waals surface area contributed by atoms with E-state index in [-0.39, 0.29) is 19.6 Å². The first-order valence-corrected chi connectivity index (χ1v) is 7.36. The molecule has 0 saturated heterocycles. The molecule has 1 aromatic rings. The molecule has 1 atom stereocenters. The van der Waals surface area contributed by atoms with Crippen LogP contribution in [-0.2, 0) is 4.79 Å². The number of amides is 2. The molecule has 0 saturated carbocycles. The molecule has 3 N–H and O–H groups in total. The van der Waals surface area contributed by atoms with Gasteiger partial charge in [-0.05, 0) is 23.8 Å². The molecule has 0 radical (unpaired) electrons. The van der Waals surface area contributed by atoms with E-state index in [9.17, 15) is 14.7 Å². The van der Waals surface area contributed by atoms with E-state index in [1.54, 1.807) is 18.2 Å². The molecule has 0 heterocycles. The number of nitrogens with one attached hydrogen (secondary N) is 1. The lowest BCUT2D eigenvalue weighted by molar-refractivity contribution is -0.136. The van der Waals surface area contributed by atoms with Crippen molar-refractivity contribution in [3.05, 3.63) is 28.2 Å². The number of hydrogen-bond donors (Lipinski definition) is 3. The van der Waals surface area contributed by atoms with Crippen LogP contribution in [0.5, 0.6) is 5.75 Å². The van der Waals surface area contributed by atoms with E-state index in [0.29, 0.717) is 11.3 Å². The van der Waals surface area contributed by atoms with Crippen LogP contribution >= 0.6 is 15.9 Å². The SMILES string of the molecule is COc1ccc(Br)c(C(CO)N(C)C(=O)NCCC(=O)O)c1. The van der Waals surface area contributed by atoms with E-state index >= 15 is 0 Å². The zero-order valence-electron chi connectivity index (χ0n) is 12.4. The summed E-state index contributed by atoms with van der Waals surface area (Å²) in [4.78, 5) is 23.8. The van der Waals surface area contributed by atoms with E-state index < -0.39 is 18.0 Å². The van der Waals surface area contributed by atoms with Crippen molar-refractivity contribution < 1.29 is 24.5 Å². The number of urea groups is 1. The van der Waals surface area contributed by atoms with Crippen LogP contribution in [0.25, 0.3) is 0 Å². The van der Waals surface area contributed by atoms with Gasteiger partial charge in [-0.3, -0.25) is 4.79 Å². The van der Waals surface area contributed by atoms with Crippen LogP contribution in [0.1, 0.15) is 18.0 Å². The number of carbonyl (C=O) groups is 2. The van der Waals surface area contributed by atoms with E-state index in [1.165, 1.54) is 19.1 Å². The van der Waals surface area contributed by atoms with Crippen LogP contribution in [-0.4, -0.2) is 54.4 Å². The van der Waals surface area contributed by atoms with Gasteiger partial charge in [-0.1, -0.05) is 15.9 Å². The lowest BCUT2D eigenvalue weighted by Crippen LogP contribution is -2.41. The van der Waals surface area contributed by atoms with Crippen molar-refractivity contribution >= 4 is 27.9 Å². The minimum atomic E-state index is -0.989. The summed E-state index contributed by atoms with van der Waals surface area (Å²) in [7, 11) is 3.06. The third kappa shape index (κ3) is 4.88. The fourth-order valence-corrected chi connectivity index (χ4v) is 2.39. The monoisotopic (exact) mass is 374 g/mol. The smallest absolute Gasteiger partial charge is 0.317 e. The number of halogens is 1. The van der Waals surface area contributed by atoms with Crippen molar-refractivity contribution in [2.75, 3.05) is 27.3 Å². The van der Waals surface area contributed by atoms with Gasteiger partial charge in [0.25, 0.3) is 0 Å². The molecular weight excluding hydrogens is 356 g/mol. The largest absolute Gasteiger partial charge is 0.497 e. The summed E-state index contributed by atoms with van der Waals surface area (Å²) in [5.74, 6) is -0.381. The minimum absolute atomic E-state index is 0.0237. The van der Waals surface area contributed by atoms with Crippen molar-refractivity contribution in [1.29, 1.82) is 0 Å². The van der Waals surface area contributed by atoms with Crippen molar-refractivity contribution in [3.63, 3.8) is 0 Å². The third-order valence-electron chi connectivity index (χ3n) is 3.14. The Labute approximate surface area is 137 Å². The van der Waals surface area contributed by atoms with Crippen molar-refractivity contribution in [2.45, 2.75) is 12.5 Å². The lowest BCUT2D eigenvalue weighted by atomic mass is 10.1. The Bertz CT molecular complexity index is 538. The number of nitrogens with zero attached hydrogens (tertiary/aromatic N) is 1. The Morgan fingerprint density at radius 1 is 1.45 bits per heavy atom. The first kappa shape index (κ1) is 18.2. The average Bonchev–Trinajstić information content (AvgIpc) is 2.49. The maximum absolute atomic E-state index is 12.0. The Hall–Kier alpha value is -1.80. The Balaban J connectivity index is 2.85. The first-order chi connectivity index (χ1) is 10.4. The second-order valence-corrected chi connectivity index (χ2v) is 5.43. The molecule has 0 aliphatic carbocycles. The second kappa shape index (κ2) is 8.60. The highest BCUT2D eigenvalue weighted by Crippen LogP contribution is 2.30. The molecule has 2 amide bonds. The minimum Gasteiger partial charge on any atom is -0.497 e. The Morgan fingerprint density at radius 2 is 2.14 bits per heavy atom. The molecule has 8 heteroatoms. The van der Waals surface area contributed by atoms with Crippen molar-refractivity contribution in [1.82, 2.24) is 10.2 Å². The Kier molecular flexibility index (Phi) is 7.13. The Morgan fingerprint density at radius 3 is 2.68 bits per heavy atom. The number of benzene rings is 1. The van der Waals surface area contributed by atoms with E-state index in [4.69, 9.17) is 9.84 Å². The number of carboxylic acid groups (broad SMARTS) is 1. The molecule has 122 valence electrons. The summed E-state index contributed by atoms with van der Waals surface area (Å²) >= 11 is 3.39. The molecule has 0 spiro atoms. The number of aliphatic hydroxyl groups excluding tert-OH is 1. The first-order valence-electron chi connectivity index (χ1n) is 6.57. The molecule has 0 bridgehead atoms. The van der Waals surface area contributed by atoms with Gasteiger partial charge in [0.2, 0.25) is 0 Å². The van der Waals surface area contributed by atoms with Crippen LogP contribution in [0.2, 0.25) is 0 Å². The summed E-state index contributed by atoms with van der Waals surface area (Å²) < 4.78 is 5.88. The predicted molar refractivity (Wildman–Crippen MR) is 83.9 cm³/mol. The number of aliphatic carboxylic acids is 1. The number of carbonyl (C=O) groups excluding carboxylic acids is 1. The quantitative estimate of drug-likeness (QED) is 0.673. The molecule has 0 aromatic heterocycles. The molecule has 0 fully saturated rings. The molecular formula is C14H19BrN2O5. The number of aliphatic hydroxyl groups is 1. The standard InChI is InChI=1S/C14H19BrN2O5/c1-17(14(21)16-6-5-13(19)20)12(8-18)10-7-9(22-2)3-4-11(10)15/h3-4,7,12,18H,5-6,8H2,1-2H3,(H,16,21)(H,19,20). The number of rotatable bonds is 7. The van der Waals surface area contributed by atoms with E-state index in [1.807, 2.05) is 0 Å². The summed E-state index contributed by atoms with van der Waals surface area (Å²) in [5.41, 5.74) is 0.692. The van der Waals surface area contributed by atoms with Crippen LogP contribution < -0.4 is 10.1 Å². The van der Waals surface area contributed by atoms with Gasteiger partial charge in [-0.2, -0.15) is 0 Å². The second-order valence-electron chi connectivity index (χ2n) is 4.57. The molecule has 7 nitrogen and oxygen atoms in total. The highest BCUT2D eigenvalue weighted by atomic mass is 79.9. The molecule has 22 heavy (non-hydrogen) atoms. The molecule has 1 rings (SSSR count). The highest BCUT2D eigenvalue weighted by molar-refractivity contribution is 9.10. The van der Waals surface area contributed by atoms with Crippen molar-refractivity contribution in [3.8, 4) is 5.75 Å². The van der Waals surface area contributed by atoms with Gasteiger partial charge in [-0.25, -0.2) is 4.79 Å². The normalized spacial score (nSPS) is 11.6. The number of carboxylic acids is 1. The summed E-state index contributed by atoms with van der Waals surface area (Å²) in [6, 6.07) is 4.21. The summed E-state index contributed by atoms with van der Waals surface area (Å²) in [6.07, 6.45) is -0.160. The topological polar surface area (TPSA) is 99.1 Å². The van der Waals surface area contributed by atoms with Gasteiger partial charge in [0.1, 0.15) is 5.75 Å². The fourth-order valence-electron chi connectivity index (χ4n) is 1.88. The zero-order valence-corrected chi connectivity index (χ0v) is 14.0. The van der Waals surface area contributed by atoms with Gasteiger partial charge >= 0.3 is 12.0 Å². The van der Waals surface area contributed by atoms with Crippen LogP contribution in [0.3, 0.4) is 0 Å². The summed E-state index contributed by atoms with van der Waals surface area (Å²) in [6.45, 7) is -0.259. The van der Waals surface area contributed by atoms with Crippen molar-refractivity contribution in [2.24, 2.45) is 0 Å². The number of likely N-dealkylation sites (N-methyl/N-ethyl adjacent to an activating group) is 1. The van der Waals surface area contributed by atoms with Gasteiger partial charge in [0.05, 0.1) is 26.2 Å². The van der Waals surface area contributed by atoms with E-state index in [2.05, 4.69) is 21.2 Å². The fraction of sp³-hybridized carbons (Fsp3) is 0.429. The zero-order chi connectivity index (χ0) is 16.7. The van der Waals surface area contributed by atoms with Crippen LogP contribution in [0.4, 0.5) is 4.79 Å². The van der Waals surface area contributed by atoms with Gasteiger partial charge in [-0.15, -0.1) is 0 Å². The van der Waals surface area contributed by atoms with Gasteiger partial charge in [0, 0.05) is 18.1 Å². The lowest BCUT2D eigenvalue weighted by Gasteiger charge is -2.28. The molecule has 1 aromatic carbocycles. The number of hydrogen-bond acceptors (Lipinski definition) is 4. The van der Waals surface area contributed by atoms with Gasteiger partial charge < -0.3 is 25.2 Å². The van der Waals surface area contributed by atoms with Crippen LogP contribution in [0, 0.1) is 0 Å². The molecule has 1 unspecified atom stereocenters. The van der Waals surface area contributed by atoms with E-state index in [0.717, 1.165) is 4.47 Å². The number of ether oxygens (including phenoxy) is 1. The van der Waals surface area contributed by atoms with Gasteiger partial charge in [0.15, 0.2) is 0 Å². The van der Waals surface area contributed by atoms with Crippen LogP contribution in [0.15, 0.2) is 22.7 Å².